The summed E-state index contributed by atoms with van der Waals surface area (Å²) < 4.78 is 16.4. The van der Waals surface area contributed by atoms with E-state index in [1.165, 1.54) is 64.2 Å². The number of unbranched alkanes of at least 4 members (excludes halogenated alkanes) is 10. The summed E-state index contributed by atoms with van der Waals surface area (Å²) in [5.41, 5.74) is 0. The minimum absolute atomic E-state index is 0.0956. The average Bonchev–Trinajstić information content (AvgIpc) is 2.70. The smallest absolute Gasteiger partial charge is 0.305 e. The van der Waals surface area contributed by atoms with Crippen molar-refractivity contribution < 1.29 is 19.0 Å². The Morgan fingerprint density at radius 2 is 1.14 bits per heavy atom. The van der Waals surface area contributed by atoms with Crippen molar-refractivity contribution in [2.24, 2.45) is 5.92 Å². The number of carbonyl (C=O) groups excluding carboxylic acids is 1. The molecule has 0 radical (unpaired) electrons. The molecule has 0 aromatic carbocycles. The van der Waals surface area contributed by atoms with E-state index in [1.54, 1.807) is 0 Å². The van der Waals surface area contributed by atoms with Crippen LogP contribution in [-0.2, 0) is 19.0 Å². The maximum absolute atomic E-state index is 11.7. The van der Waals surface area contributed by atoms with Gasteiger partial charge in [-0.05, 0) is 25.2 Å². The van der Waals surface area contributed by atoms with Crippen molar-refractivity contribution >= 4 is 5.97 Å². The lowest BCUT2D eigenvalue weighted by atomic mass is 10.0. The van der Waals surface area contributed by atoms with E-state index in [-0.39, 0.29) is 5.97 Å². The Balaban J connectivity index is 3.14. The molecule has 0 N–H and O–H groups in total. The fraction of sp³-hybridized carbons (Fsp3) is 0.960. The predicted molar refractivity (Wildman–Crippen MR) is 122 cm³/mol. The van der Waals surface area contributed by atoms with E-state index in [9.17, 15) is 4.79 Å². The van der Waals surface area contributed by atoms with E-state index < -0.39 is 0 Å². The molecule has 0 aliphatic carbocycles. The normalized spacial score (nSPS) is 11.3. The minimum Gasteiger partial charge on any atom is -0.466 e. The summed E-state index contributed by atoms with van der Waals surface area (Å²) in [7, 11) is 0. The Morgan fingerprint density at radius 3 is 1.76 bits per heavy atom. The second kappa shape index (κ2) is 23.7. The molecule has 0 fully saturated rings. The van der Waals surface area contributed by atoms with Gasteiger partial charge in [0.1, 0.15) is 0 Å². The van der Waals surface area contributed by atoms with Gasteiger partial charge in [-0.3, -0.25) is 4.79 Å². The zero-order valence-electron chi connectivity index (χ0n) is 19.9. The average molecular weight is 415 g/mol. The molecule has 29 heavy (non-hydrogen) atoms. The third-order valence-corrected chi connectivity index (χ3v) is 5.12. The summed E-state index contributed by atoms with van der Waals surface area (Å²) in [6.07, 6.45) is 17.7. The highest BCUT2D eigenvalue weighted by atomic mass is 16.5. The van der Waals surface area contributed by atoms with Gasteiger partial charge in [0, 0.05) is 19.6 Å². The summed E-state index contributed by atoms with van der Waals surface area (Å²) in [6, 6.07) is 0. The summed E-state index contributed by atoms with van der Waals surface area (Å²) in [4.78, 5) is 11.7. The first kappa shape index (κ1) is 28.4. The third kappa shape index (κ3) is 25.4. The SMILES string of the molecule is CCCCCCCCCCOCCOCCCC(=O)OCCCCCCC(C)C. The summed E-state index contributed by atoms with van der Waals surface area (Å²) >= 11 is 0. The standard InChI is InChI=1S/C25H50O4/c1-4-5-6-7-8-9-11-14-19-27-22-23-28-20-16-18-25(26)29-21-15-12-10-13-17-24(2)3/h24H,4-23H2,1-3H3. The molecule has 4 nitrogen and oxygen atoms in total. The van der Waals surface area contributed by atoms with E-state index in [2.05, 4.69) is 20.8 Å². The number of carbonyl (C=O) groups is 1. The summed E-state index contributed by atoms with van der Waals surface area (Å²) in [6.45, 7) is 10.0. The minimum atomic E-state index is -0.0956. The van der Waals surface area contributed by atoms with Gasteiger partial charge in [0.2, 0.25) is 0 Å². The highest BCUT2D eigenvalue weighted by Gasteiger charge is 2.03. The molecule has 174 valence electrons. The van der Waals surface area contributed by atoms with Crippen LogP contribution in [-0.4, -0.2) is 39.0 Å². The Morgan fingerprint density at radius 1 is 0.621 bits per heavy atom. The number of ether oxygens (including phenoxy) is 3. The van der Waals surface area contributed by atoms with E-state index in [0.29, 0.717) is 32.8 Å². The molecule has 4 heteroatoms. The maximum atomic E-state index is 11.7. The summed E-state index contributed by atoms with van der Waals surface area (Å²) in [5, 5.41) is 0. The largest absolute Gasteiger partial charge is 0.466 e. The van der Waals surface area contributed by atoms with Gasteiger partial charge in [0.25, 0.3) is 0 Å². The number of hydrogen-bond donors (Lipinski definition) is 0. The Hall–Kier alpha value is -0.610. The molecule has 0 aromatic heterocycles. The molecule has 0 rings (SSSR count). The van der Waals surface area contributed by atoms with Crippen molar-refractivity contribution in [3.05, 3.63) is 0 Å². The van der Waals surface area contributed by atoms with Crippen LogP contribution in [0.25, 0.3) is 0 Å². The first-order valence-electron chi connectivity index (χ1n) is 12.5. The lowest BCUT2D eigenvalue weighted by Gasteiger charge is -2.07. The molecular weight excluding hydrogens is 364 g/mol. The highest BCUT2D eigenvalue weighted by molar-refractivity contribution is 5.69. The summed E-state index contributed by atoms with van der Waals surface area (Å²) in [5.74, 6) is 0.693. The number of rotatable bonds is 23. The van der Waals surface area contributed by atoms with Crippen LogP contribution in [0.1, 0.15) is 117 Å². The van der Waals surface area contributed by atoms with Crippen molar-refractivity contribution in [2.75, 3.05) is 33.0 Å². The predicted octanol–water partition coefficient (Wildman–Crippen LogP) is 7.09. The first-order chi connectivity index (χ1) is 14.2. The van der Waals surface area contributed by atoms with Gasteiger partial charge in [-0.15, -0.1) is 0 Å². The maximum Gasteiger partial charge on any atom is 0.305 e. The molecule has 0 amide bonds. The first-order valence-corrected chi connectivity index (χ1v) is 12.5. The fourth-order valence-corrected chi connectivity index (χ4v) is 3.24. The molecule has 0 atom stereocenters. The monoisotopic (exact) mass is 414 g/mol. The van der Waals surface area contributed by atoms with Crippen molar-refractivity contribution in [1.82, 2.24) is 0 Å². The molecule has 0 saturated heterocycles. The van der Waals surface area contributed by atoms with Crippen molar-refractivity contribution in [2.45, 2.75) is 117 Å². The van der Waals surface area contributed by atoms with Gasteiger partial charge in [0.05, 0.1) is 19.8 Å². The molecule has 0 unspecified atom stereocenters. The van der Waals surface area contributed by atoms with Gasteiger partial charge in [-0.1, -0.05) is 91.4 Å². The van der Waals surface area contributed by atoms with Crippen LogP contribution in [0.2, 0.25) is 0 Å². The van der Waals surface area contributed by atoms with Crippen molar-refractivity contribution in [3.8, 4) is 0 Å². The van der Waals surface area contributed by atoms with Crippen LogP contribution in [0.4, 0.5) is 0 Å². The van der Waals surface area contributed by atoms with Crippen LogP contribution >= 0.6 is 0 Å². The zero-order valence-corrected chi connectivity index (χ0v) is 19.9. The van der Waals surface area contributed by atoms with Crippen LogP contribution in [0.15, 0.2) is 0 Å². The topological polar surface area (TPSA) is 44.8 Å². The molecule has 0 aromatic rings. The second-order valence-corrected chi connectivity index (χ2v) is 8.62. The fourth-order valence-electron chi connectivity index (χ4n) is 3.24. The van der Waals surface area contributed by atoms with E-state index in [4.69, 9.17) is 14.2 Å². The van der Waals surface area contributed by atoms with Crippen LogP contribution < -0.4 is 0 Å². The zero-order chi connectivity index (χ0) is 21.4. The number of hydrogen-bond acceptors (Lipinski definition) is 4. The molecule has 0 spiro atoms. The molecular formula is C25H50O4. The Labute approximate surface area is 181 Å². The number of esters is 1. The Bertz CT molecular complexity index is 331. The van der Waals surface area contributed by atoms with E-state index >= 15 is 0 Å². The van der Waals surface area contributed by atoms with Crippen molar-refractivity contribution in [3.63, 3.8) is 0 Å². The second-order valence-electron chi connectivity index (χ2n) is 8.62. The third-order valence-electron chi connectivity index (χ3n) is 5.12. The van der Waals surface area contributed by atoms with Crippen molar-refractivity contribution in [1.29, 1.82) is 0 Å². The van der Waals surface area contributed by atoms with Gasteiger partial charge in [-0.25, -0.2) is 0 Å². The lowest BCUT2D eigenvalue weighted by molar-refractivity contribution is -0.144. The van der Waals surface area contributed by atoms with Crippen LogP contribution in [0.3, 0.4) is 0 Å². The van der Waals surface area contributed by atoms with Gasteiger partial charge in [-0.2, -0.15) is 0 Å². The Kier molecular flexibility index (Phi) is 23.2. The highest BCUT2D eigenvalue weighted by Crippen LogP contribution is 2.10. The van der Waals surface area contributed by atoms with Gasteiger partial charge >= 0.3 is 5.97 Å². The molecule has 0 aliphatic heterocycles. The van der Waals surface area contributed by atoms with E-state index in [0.717, 1.165) is 38.2 Å². The molecule has 0 saturated carbocycles. The van der Waals surface area contributed by atoms with Crippen LogP contribution in [0.5, 0.6) is 0 Å². The van der Waals surface area contributed by atoms with E-state index in [1.807, 2.05) is 0 Å². The van der Waals surface area contributed by atoms with Crippen LogP contribution in [0, 0.1) is 5.92 Å². The molecule has 0 heterocycles. The molecule has 0 bridgehead atoms. The van der Waals surface area contributed by atoms with Gasteiger partial charge in [0.15, 0.2) is 0 Å². The van der Waals surface area contributed by atoms with Gasteiger partial charge < -0.3 is 14.2 Å². The quantitative estimate of drug-likeness (QED) is 0.132. The lowest BCUT2D eigenvalue weighted by Crippen LogP contribution is -2.09. The molecule has 0 aliphatic rings.